The first-order valence-corrected chi connectivity index (χ1v) is 15.9. The maximum absolute atomic E-state index is 14.4. The molecule has 5 aliphatic rings. The van der Waals surface area contributed by atoms with Crippen LogP contribution in [-0.2, 0) is 14.3 Å². The van der Waals surface area contributed by atoms with Gasteiger partial charge in [-0.15, -0.1) is 0 Å². The highest BCUT2D eigenvalue weighted by Crippen LogP contribution is 2.75. The summed E-state index contributed by atoms with van der Waals surface area (Å²) in [6.45, 7) is 17.1. The van der Waals surface area contributed by atoms with E-state index in [1.54, 1.807) is 0 Å². The van der Waals surface area contributed by atoms with Crippen molar-refractivity contribution < 1.29 is 19.4 Å². The number of carboxylic acid groups (broad SMARTS) is 1. The van der Waals surface area contributed by atoms with Gasteiger partial charge in [-0.3, -0.25) is 9.59 Å². The van der Waals surface area contributed by atoms with Crippen LogP contribution in [-0.4, -0.2) is 34.9 Å². The van der Waals surface area contributed by atoms with Gasteiger partial charge in [-0.1, -0.05) is 63.0 Å². The third-order valence-electron chi connectivity index (χ3n) is 13.4. The lowest BCUT2D eigenvalue weighted by atomic mass is 9.33. The van der Waals surface area contributed by atoms with Crippen molar-refractivity contribution in [3.63, 3.8) is 0 Å². The fraction of sp³-hybridized carbons (Fsp3) is 0.875. The predicted molar refractivity (Wildman–Crippen MR) is 151 cm³/mol. The average molecular weight is 578 g/mol. The first-order chi connectivity index (χ1) is 17.1. The Balaban J connectivity index is 1.56. The summed E-state index contributed by atoms with van der Waals surface area (Å²) in [6, 6.07) is 0. The Hall–Kier alpha value is -0.680. The second-order valence-corrected chi connectivity index (χ2v) is 16.3. The van der Waals surface area contributed by atoms with Gasteiger partial charge in [0.15, 0.2) is 5.78 Å². The van der Waals surface area contributed by atoms with Gasteiger partial charge < -0.3 is 9.84 Å². The number of alkyl halides is 1. The topological polar surface area (TPSA) is 63.6 Å². The fourth-order valence-corrected chi connectivity index (χ4v) is 11.0. The molecule has 4 nitrogen and oxygen atoms in total. The van der Waals surface area contributed by atoms with Gasteiger partial charge >= 0.3 is 5.97 Å². The molecule has 0 amide bonds. The molecule has 0 radical (unpaired) electrons. The zero-order valence-electron chi connectivity index (χ0n) is 24.2. The standard InChI is InChI=1S/C32H49BrO4/c1-27(2)23-8-11-32(7)25(30(23,5)10-9-24(27)37-17-16-33)22(34)18-20-21-19-29(4,26(35)36)13-12-28(21,3)14-15-31(20,32)6/h18,21,23-25H,8-17,19H2,1-7H3,(H,35,36)/t21-,23?,24-,25+,28+,29?,30-,31+,32+/m0/s1. The van der Waals surface area contributed by atoms with Crippen LogP contribution in [0.25, 0.3) is 0 Å². The van der Waals surface area contributed by atoms with Gasteiger partial charge in [0.1, 0.15) is 0 Å². The number of hydrogen-bond donors (Lipinski definition) is 1. The molecule has 0 aromatic rings. The van der Waals surface area contributed by atoms with Crippen molar-refractivity contribution in [1.82, 2.24) is 0 Å². The Morgan fingerprint density at radius 1 is 1.00 bits per heavy atom. The molecule has 2 unspecified atom stereocenters. The number of aliphatic carboxylic acids is 1. The smallest absolute Gasteiger partial charge is 0.309 e. The molecule has 5 rings (SSSR count). The van der Waals surface area contributed by atoms with Crippen LogP contribution in [0.5, 0.6) is 0 Å². The van der Waals surface area contributed by atoms with E-state index in [0.29, 0.717) is 18.1 Å². The molecule has 0 aliphatic heterocycles. The van der Waals surface area contributed by atoms with Crippen LogP contribution in [0.4, 0.5) is 0 Å². The van der Waals surface area contributed by atoms with E-state index in [0.717, 1.165) is 63.3 Å². The van der Waals surface area contributed by atoms with Crippen molar-refractivity contribution >= 4 is 27.7 Å². The highest BCUT2D eigenvalue weighted by molar-refractivity contribution is 9.09. The summed E-state index contributed by atoms with van der Waals surface area (Å²) in [5, 5.41) is 11.0. The van der Waals surface area contributed by atoms with Gasteiger partial charge in [0, 0.05) is 11.2 Å². The van der Waals surface area contributed by atoms with Crippen LogP contribution in [0, 0.1) is 50.2 Å². The number of ether oxygens (including phenoxy) is 1. The number of fused-ring (bicyclic) bond motifs is 7. The minimum absolute atomic E-state index is 0.0164. The molecule has 4 saturated carbocycles. The summed E-state index contributed by atoms with van der Waals surface area (Å²) in [6.07, 6.45) is 11.1. The number of ketones is 1. The van der Waals surface area contributed by atoms with Gasteiger partial charge in [-0.25, -0.2) is 0 Å². The van der Waals surface area contributed by atoms with E-state index >= 15 is 0 Å². The monoisotopic (exact) mass is 576 g/mol. The first kappa shape index (κ1) is 27.9. The Morgan fingerprint density at radius 2 is 1.68 bits per heavy atom. The Morgan fingerprint density at radius 3 is 2.32 bits per heavy atom. The molecule has 0 bridgehead atoms. The first-order valence-electron chi connectivity index (χ1n) is 14.8. The quantitative estimate of drug-likeness (QED) is 0.346. The molecule has 1 N–H and O–H groups in total. The third kappa shape index (κ3) is 3.67. The molecule has 37 heavy (non-hydrogen) atoms. The van der Waals surface area contributed by atoms with Crippen molar-refractivity contribution in [1.29, 1.82) is 0 Å². The normalized spacial score (nSPS) is 50.7. The highest BCUT2D eigenvalue weighted by atomic mass is 79.9. The number of hydrogen-bond acceptors (Lipinski definition) is 3. The molecule has 0 aromatic heterocycles. The summed E-state index contributed by atoms with van der Waals surface area (Å²) in [5.74, 6) is 0.293. The van der Waals surface area contributed by atoms with Crippen LogP contribution >= 0.6 is 15.9 Å². The Bertz CT molecular complexity index is 1020. The zero-order valence-corrected chi connectivity index (χ0v) is 25.8. The summed E-state index contributed by atoms with van der Waals surface area (Å²) >= 11 is 3.53. The van der Waals surface area contributed by atoms with E-state index in [1.165, 1.54) is 5.57 Å². The third-order valence-corrected chi connectivity index (χ3v) is 13.7. The molecule has 5 heteroatoms. The largest absolute Gasteiger partial charge is 0.481 e. The highest BCUT2D eigenvalue weighted by Gasteiger charge is 2.70. The van der Waals surface area contributed by atoms with Gasteiger partial charge in [0.25, 0.3) is 0 Å². The molecule has 0 spiro atoms. The van der Waals surface area contributed by atoms with Gasteiger partial charge in [-0.2, -0.15) is 0 Å². The Kier molecular flexibility index (Phi) is 6.52. The molecular formula is C32H49BrO4. The van der Waals surface area contributed by atoms with Crippen LogP contribution in [0.15, 0.2) is 11.6 Å². The minimum atomic E-state index is -0.703. The fourth-order valence-electron chi connectivity index (χ4n) is 10.8. The number of carboxylic acids is 1. The molecule has 0 heterocycles. The summed E-state index contributed by atoms with van der Waals surface area (Å²) in [4.78, 5) is 26.7. The lowest BCUT2D eigenvalue weighted by molar-refractivity contribution is -0.208. The second-order valence-electron chi connectivity index (χ2n) is 15.5. The van der Waals surface area contributed by atoms with Crippen molar-refractivity contribution in [2.75, 3.05) is 11.9 Å². The number of allylic oxidation sites excluding steroid dienone is 2. The molecule has 9 atom stereocenters. The summed E-state index contributed by atoms with van der Waals surface area (Å²) in [7, 11) is 0. The van der Waals surface area contributed by atoms with E-state index in [2.05, 4.69) is 63.5 Å². The lowest BCUT2D eigenvalue weighted by Gasteiger charge is -2.70. The van der Waals surface area contributed by atoms with Crippen LogP contribution in [0.3, 0.4) is 0 Å². The van der Waals surface area contributed by atoms with Crippen molar-refractivity contribution in [2.45, 2.75) is 112 Å². The molecule has 0 aromatic carbocycles. The average Bonchev–Trinajstić information content (AvgIpc) is 2.80. The number of halogens is 1. The predicted octanol–water partition coefficient (Wildman–Crippen LogP) is 7.83. The molecule has 4 fully saturated rings. The molecule has 208 valence electrons. The zero-order chi connectivity index (χ0) is 27.2. The maximum Gasteiger partial charge on any atom is 0.309 e. The summed E-state index contributed by atoms with van der Waals surface area (Å²) < 4.78 is 6.35. The maximum atomic E-state index is 14.4. The van der Waals surface area contributed by atoms with Crippen LogP contribution in [0.1, 0.15) is 106 Å². The molecule has 5 aliphatic carbocycles. The lowest BCUT2D eigenvalue weighted by Crippen LogP contribution is -2.66. The number of carbonyl (C=O) groups is 2. The number of carbonyl (C=O) groups excluding carboxylic acids is 1. The second kappa shape index (κ2) is 8.66. The molecule has 0 saturated heterocycles. The van der Waals surface area contributed by atoms with E-state index < -0.39 is 11.4 Å². The van der Waals surface area contributed by atoms with E-state index in [4.69, 9.17) is 4.74 Å². The minimum Gasteiger partial charge on any atom is -0.481 e. The summed E-state index contributed by atoms with van der Waals surface area (Å²) in [5.41, 5.74) is 0.511. The van der Waals surface area contributed by atoms with E-state index in [1.807, 2.05) is 6.92 Å². The van der Waals surface area contributed by atoms with Crippen LogP contribution in [0.2, 0.25) is 0 Å². The number of rotatable bonds is 4. The Labute approximate surface area is 232 Å². The van der Waals surface area contributed by atoms with Crippen molar-refractivity contribution in [3.8, 4) is 0 Å². The van der Waals surface area contributed by atoms with E-state index in [-0.39, 0.29) is 45.0 Å². The van der Waals surface area contributed by atoms with Crippen molar-refractivity contribution in [3.05, 3.63) is 11.6 Å². The van der Waals surface area contributed by atoms with Crippen molar-refractivity contribution in [2.24, 2.45) is 50.2 Å². The van der Waals surface area contributed by atoms with Gasteiger partial charge in [-0.05, 0) is 110 Å². The van der Waals surface area contributed by atoms with E-state index in [9.17, 15) is 14.7 Å². The van der Waals surface area contributed by atoms with Crippen LogP contribution < -0.4 is 0 Å². The molecular weight excluding hydrogens is 528 g/mol. The van der Waals surface area contributed by atoms with Gasteiger partial charge in [0.05, 0.1) is 18.1 Å². The van der Waals surface area contributed by atoms with Gasteiger partial charge in [0.2, 0.25) is 0 Å². The SMILES string of the molecule is CC1(C(=O)O)CC[C@]2(C)CC[C@]3(C)C(=CC(=O)[C@@H]4[C@@]5(C)CC[C@H](OCCBr)C(C)(C)C5CC[C@]43C)[C@@H]2C1.